The van der Waals surface area contributed by atoms with Gasteiger partial charge in [0.15, 0.2) is 0 Å². The van der Waals surface area contributed by atoms with Crippen molar-refractivity contribution >= 4 is 11.8 Å². The second-order valence-electron chi connectivity index (χ2n) is 7.24. The molecular formula is C23H27FN2O3. The third-order valence-corrected chi connectivity index (χ3v) is 5.08. The summed E-state index contributed by atoms with van der Waals surface area (Å²) in [5, 5.41) is 2.76. The average Bonchev–Trinajstić information content (AvgIpc) is 2.76. The molecule has 1 aliphatic heterocycles. The molecule has 0 spiro atoms. The van der Waals surface area contributed by atoms with Crippen LogP contribution >= 0.6 is 0 Å². The highest BCUT2D eigenvalue weighted by molar-refractivity contribution is 5.94. The first-order valence-corrected chi connectivity index (χ1v) is 10.1. The first-order valence-electron chi connectivity index (χ1n) is 10.1. The lowest BCUT2D eigenvalue weighted by Crippen LogP contribution is -2.41. The molecule has 29 heavy (non-hydrogen) atoms. The number of hydrogen-bond donors (Lipinski definition) is 1. The molecule has 0 unspecified atom stereocenters. The summed E-state index contributed by atoms with van der Waals surface area (Å²) in [5.41, 5.74) is 1.57. The highest BCUT2D eigenvalue weighted by atomic mass is 19.1. The van der Waals surface area contributed by atoms with Crippen molar-refractivity contribution in [2.45, 2.75) is 38.4 Å². The zero-order chi connectivity index (χ0) is 20.5. The maximum absolute atomic E-state index is 12.9. The normalized spacial score (nSPS) is 14.6. The first kappa shape index (κ1) is 21.0. The van der Waals surface area contributed by atoms with E-state index in [0.29, 0.717) is 44.6 Å². The van der Waals surface area contributed by atoms with Crippen LogP contribution < -0.4 is 5.32 Å². The highest BCUT2D eigenvalue weighted by Gasteiger charge is 2.22. The molecule has 154 valence electrons. The Morgan fingerprint density at radius 3 is 2.41 bits per heavy atom. The molecule has 2 amide bonds. The summed E-state index contributed by atoms with van der Waals surface area (Å²) < 4.78 is 18.8. The molecule has 0 radical (unpaired) electrons. The molecule has 0 aromatic heterocycles. The second-order valence-corrected chi connectivity index (χ2v) is 7.24. The van der Waals surface area contributed by atoms with Crippen LogP contribution in [0.3, 0.4) is 0 Å². The van der Waals surface area contributed by atoms with Crippen molar-refractivity contribution in [1.82, 2.24) is 10.2 Å². The van der Waals surface area contributed by atoms with Gasteiger partial charge in [-0.3, -0.25) is 9.59 Å². The summed E-state index contributed by atoms with van der Waals surface area (Å²) in [6, 6.07) is 15.5. The lowest BCUT2D eigenvalue weighted by atomic mass is 10.1. The van der Waals surface area contributed by atoms with E-state index in [2.05, 4.69) is 5.32 Å². The highest BCUT2D eigenvalue weighted by Crippen LogP contribution is 2.16. The van der Waals surface area contributed by atoms with Gasteiger partial charge in [0.2, 0.25) is 5.91 Å². The van der Waals surface area contributed by atoms with Gasteiger partial charge in [-0.1, -0.05) is 30.3 Å². The fourth-order valence-electron chi connectivity index (χ4n) is 3.36. The van der Waals surface area contributed by atoms with E-state index in [1.54, 1.807) is 0 Å². The predicted octanol–water partition coefficient (Wildman–Crippen LogP) is 3.54. The van der Waals surface area contributed by atoms with Gasteiger partial charge >= 0.3 is 0 Å². The van der Waals surface area contributed by atoms with E-state index >= 15 is 0 Å². The summed E-state index contributed by atoms with van der Waals surface area (Å²) in [5.74, 6) is -0.516. The van der Waals surface area contributed by atoms with E-state index in [-0.39, 0.29) is 23.7 Å². The molecule has 3 rings (SSSR count). The number of halogens is 1. The summed E-state index contributed by atoms with van der Waals surface area (Å²) in [4.78, 5) is 26.2. The van der Waals surface area contributed by atoms with Crippen molar-refractivity contribution in [1.29, 1.82) is 0 Å². The van der Waals surface area contributed by atoms with Crippen molar-refractivity contribution in [3.05, 3.63) is 71.5 Å². The lowest BCUT2D eigenvalue weighted by Gasteiger charge is -2.32. The van der Waals surface area contributed by atoms with E-state index in [9.17, 15) is 14.0 Å². The Morgan fingerprint density at radius 2 is 1.72 bits per heavy atom. The molecule has 1 heterocycles. The quantitative estimate of drug-likeness (QED) is 0.692. The van der Waals surface area contributed by atoms with Gasteiger partial charge in [-0.05, 0) is 49.1 Å². The van der Waals surface area contributed by atoms with Crippen LogP contribution in [-0.4, -0.2) is 42.5 Å². The van der Waals surface area contributed by atoms with Crippen molar-refractivity contribution < 1.29 is 18.7 Å². The van der Waals surface area contributed by atoms with Crippen LogP contribution in [0.5, 0.6) is 0 Å². The number of rotatable bonds is 8. The largest absolute Gasteiger partial charge is 0.373 e. The third kappa shape index (κ3) is 6.68. The van der Waals surface area contributed by atoms with Gasteiger partial charge in [0.05, 0.1) is 12.7 Å². The Bertz CT molecular complexity index is 788. The van der Waals surface area contributed by atoms with Crippen LogP contribution in [0.25, 0.3) is 0 Å². The summed E-state index contributed by atoms with van der Waals surface area (Å²) >= 11 is 0. The maximum Gasteiger partial charge on any atom is 0.251 e. The molecule has 5 nitrogen and oxygen atoms in total. The number of piperidine rings is 1. The lowest BCUT2D eigenvalue weighted by molar-refractivity contribution is -0.134. The van der Waals surface area contributed by atoms with Crippen molar-refractivity contribution in [3.63, 3.8) is 0 Å². The van der Waals surface area contributed by atoms with Crippen LogP contribution in [0, 0.1) is 5.82 Å². The minimum atomic E-state index is -0.374. The van der Waals surface area contributed by atoms with E-state index in [4.69, 9.17) is 4.74 Å². The molecule has 2 aromatic rings. The maximum atomic E-state index is 12.9. The molecule has 1 fully saturated rings. The predicted molar refractivity (Wildman–Crippen MR) is 109 cm³/mol. The average molecular weight is 398 g/mol. The van der Waals surface area contributed by atoms with Crippen LogP contribution in [0.4, 0.5) is 4.39 Å². The molecule has 1 saturated heterocycles. The molecule has 6 heteroatoms. The number of ether oxygens (including phenoxy) is 1. The van der Waals surface area contributed by atoms with Gasteiger partial charge in [0, 0.05) is 31.6 Å². The second kappa shape index (κ2) is 10.7. The Hall–Kier alpha value is -2.73. The van der Waals surface area contributed by atoms with Crippen LogP contribution in [0.15, 0.2) is 54.6 Å². The van der Waals surface area contributed by atoms with Crippen molar-refractivity contribution in [2.24, 2.45) is 0 Å². The van der Waals surface area contributed by atoms with E-state index in [1.165, 1.54) is 24.3 Å². The standard InChI is InChI=1S/C23H27FN2O3/c24-20-10-8-19(9-11-20)23(28)25-14-4-7-22(27)26-15-12-21(13-16-26)29-17-18-5-2-1-3-6-18/h1-3,5-6,8-11,21H,4,7,12-17H2,(H,25,28). The Kier molecular flexibility index (Phi) is 7.76. The number of carbonyl (C=O) groups excluding carboxylic acids is 2. The minimum absolute atomic E-state index is 0.113. The molecule has 0 bridgehead atoms. The topological polar surface area (TPSA) is 58.6 Å². The number of carbonyl (C=O) groups is 2. The number of hydrogen-bond acceptors (Lipinski definition) is 3. The first-order chi connectivity index (χ1) is 14.1. The molecule has 1 N–H and O–H groups in total. The SMILES string of the molecule is O=C(NCCCC(=O)N1CCC(OCc2ccccc2)CC1)c1ccc(F)cc1. The fourth-order valence-corrected chi connectivity index (χ4v) is 3.36. The van der Waals surface area contributed by atoms with Crippen LogP contribution in [-0.2, 0) is 16.1 Å². The van der Waals surface area contributed by atoms with E-state index in [1.807, 2.05) is 35.2 Å². The zero-order valence-electron chi connectivity index (χ0n) is 16.5. The van der Waals surface area contributed by atoms with Gasteiger partial charge < -0.3 is 15.0 Å². The van der Waals surface area contributed by atoms with Crippen molar-refractivity contribution in [2.75, 3.05) is 19.6 Å². The smallest absolute Gasteiger partial charge is 0.251 e. The number of benzene rings is 2. The Morgan fingerprint density at radius 1 is 1.03 bits per heavy atom. The Balaban J connectivity index is 1.29. The molecular weight excluding hydrogens is 371 g/mol. The minimum Gasteiger partial charge on any atom is -0.373 e. The Labute approximate surface area is 170 Å². The van der Waals surface area contributed by atoms with Gasteiger partial charge in [-0.2, -0.15) is 0 Å². The summed E-state index contributed by atoms with van der Waals surface area (Å²) in [6.45, 7) is 2.44. The summed E-state index contributed by atoms with van der Waals surface area (Å²) in [6.07, 6.45) is 2.86. The van der Waals surface area contributed by atoms with E-state index < -0.39 is 0 Å². The third-order valence-electron chi connectivity index (χ3n) is 5.08. The molecule has 0 atom stereocenters. The van der Waals surface area contributed by atoms with Gasteiger partial charge in [0.1, 0.15) is 5.82 Å². The van der Waals surface area contributed by atoms with Gasteiger partial charge in [0.25, 0.3) is 5.91 Å². The number of likely N-dealkylation sites (tertiary alicyclic amines) is 1. The zero-order valence-corrected chi connectivity index (χ0v) is 16.5. The van der Waals surface area contributed by atoms with Gasteiger partial charge in [-0.15, -0.1) is 0 Å². The number of amides is 2. The van der Waals surface area contributed by atoms with Crippen LogP contribution in [0.1, 0.15) is 41.6 Å². The molecule has 0 aliphatic carbocycles. The van der Waals surface area contributed by atoms with E-state index in [0.717, 1.165) is 18.4 Å². The molecule has 1 aliphatic rings. The van der Waals surface area contributed by atoms with Crippen LogP contribution in [0.2, 0.25) is 0 Å². The van der Waals surface area contributed by atoms with Gasteiger partial charge in [-0.25, -0.2) is 4.39 Å². The summed E-state index contributed by atoms with van der Waals surface area (Å²) in [7, 11) is 0. The van der Waals surface area contributed by atoms with Crippen molar-refractivity contribution in [3.8, 4) is 0 Å². The number of nitrogens with one attached hydrogen (secondary N) is 1. The fraction of sp³-hybridized carbons (Fsp3) is 0.391. The number of nitrogens with zero attached hydrogens (tertiary/aromatic N) is 1. The monoisotopic (exact) mass is 398 g/mol. The molecule has 2 aromatic carbocycles. The molecule has 0 saturated carbocycles.